The zero-order chi connectivity index (χ0) is 17.5. The Morgan fingerprint density at radius 1 is 1.30 bits per heavy atom. The van der Waals surface area contributed by atoms with Crippen molar-refractivity contribution in [1.82, 2.24) is 16.2 Å². The predicted octanol–water partition coefficient (Wildman–Crippen LogP) is 1.84. The molecule has 0 aromatic heterocycles. The van der Waals surface area contributed by atoms with Gasteiger partial charge in [0, 0.05) is 18.2 Å². The molecule has 0 spiro atoms. The van der Waals surface area contributed by atoms with Gasteiger partial charge in [0.2, 0.25) is 0 Å². The number of ether oxygens (including phenoxy) is 1. The van der Waals surface area contributed by atoms with Gasteiger partial charge in [0.25, 0.3) is 5.91 Å². The molecule has 7 heteroatoms. The molecular weight excluding hydrogens is 312 g/mol. The summed E-state index contributed by atoms with van der Waals surface area (Å²) < 4.78 is 5.54. The van der Waals surface area contributed by atoms with E-state index >= 15 is 0 Å². The van der Waals surface area contributed by atoms with E-state index in [1.165, 1.54) is 0 Å². The lowest BCUT2D eigenvalue weighted by Gasteiger charge is -2.27. The molecule has 1 aliphatic carbocycles. The molecule has 1 rings (SSSR count). The van der Waals surface area contributed by atoms with E-state index in [9.17, 15) is 4.79 Å². The Morgan fingerprint density at radius 3 is 2.61 bits per heavy atom. The third-order valence-electron chi connectivity index (χ3n) is 3.23. The van der Waals surface area contributed by atoms with Gasteiger partial charge in [-0.05, 0) is 31.3 Å². The van der Waals surface area contributed by atoms with E-state index in [0.29, 0.717) is 0 Å². The van der Waals surface area contributed by atoms with Crippen molar-refractivity contribution in [3.05, 3.63) is 36.1 Å². The lowest BCUT2D eigenvalue weighted by Crippen LogP contribution is -2.46. The number of hydrazine groups is 1. The topological polar surface area (TPSA) is 86.2 Å². The van der Waals surface area contributed by atoms with Gasteiger partial charge in [-0.1, -0.05) is 32.1 Å². The number of nitriles is 1. The predicted molar refractivity (Wildman–Crippen MR) is 92.8 cm³/mol. The number of carbonyl (C=O) groups is 1. The van der Waals surface area contributed by atoms with Gasteiger partial charge in [-0.3, -0.25) is 15.6 Å². The van der Waals surface area contributed by atoms with Gasteiger partial charge in [-0.15, -0.1) is 0 Å². The number of amides is 1. The lowest BCUT2D eigenvalue weighted by atomic mass is 9.87. The monoisotopic (exact) mass is 334 g/mol. The highest BCUT2D eigenvalue weighted by molar-refractivity contribution is 7.80. The number of methoxy groups -OCH3 is 1. The lowest BCUT2D eigenvalue weighted by molar-refractivity contribution is -0.120. The van der Waals surface area contributed by atoms with Crippen molar-refractivity contribution in [2.75, 3.05) is 7.11 Å². The van der Waals surface area contributed by atoms with Crippen molar-refractivity contribution in [3.63, 3.8) is 0 Å². The van der Waals surface area contributed by atoms with E-state index in [1.54, 1.807) is 13.2 Å². The highest BCUT2D eigenvalue weighted by Gasteiger charge is 2.22. The quantitative estimate of drug-likeness (QED) is 0.415. The molecule has 124 valence electrons. The van der Waals surface area contributed by atoms with Crippen LogP contribution in [0.5, 0.6) is 0 Å². The molecule has 0 heterocycles. The number of allylic oxidation sites excluding steroid dienone is 3. The zero-order valence-electron chi connectivity index (χ0n) is 13.8. The van der Waals surface area contributed by atoms with Crippen molar-refractivity contribution in [3.8, 4) is 6.07 Å². The Morgan fingerprint density at radius 2 is 2.00 bits per heavy atom. The molecule has 0 aromatic carbocycles. The Labute approximate surface area is 142 Å². The van der Waals surface area contributed by atoms with Crippen LogP contribution in [-0.4, -0.2) is 23.7 Å². The molecule has 0 bridgehead atoms. The first kappa shape index (κ1) is 18.9. The molecule has 0 radical (unpaired) electrons. The Kier molecular flexibility index (Phi) is 6.49. The van der Waals surface area contributed by atoms with Gasteiger partial charge in [0.05, 0.1) is 6.07 Å². The second kappa shape index (κ2) is 7.90. The van der Waals surface area contributed by atoms with E-state index in [1.807, 2.05) is 31.2 Å². The maximum atomic E-state index is 11.2. The second-order valence-electron chi connectivity index (χ2n) is 5.94. The van der Waals surface area contributed by atoms with Crippen molar-refractivity contribution in [2.24, 2.45) is 5.41 Å². The molecule has 1 atom stereocenters. The average molecular weight is 334 g/mol. The minimum Gasteiger partial charge on any atom is -0.370 e. The molecule has 1 amide bonds. The summed E-state index contributed by atoms with van der Waals surface area (Å²) in [6.45, 7) is 6.10. The molecule has 1 aliphatic rings. The highest BCUT2D eigenvalue weighted by atomic mass is 32.1. The standard InChI is InChI=1S/C16H22N4O2S/c1-15(2)7-5-12(11-16(3,22-4)9-8-15)18-14(23)20-19-13(21)6-10-17/h5,7-9,11H,6H2,1-4H3,(H,19,21)(H2,18,20,23)/b7-5-,9-8-,12-11+. The smallest absolute Gasteiger partial charge is 0.252 e. The summed E-state index contributed by atoms with van der Waals surface area (Å²) in [5, 5.41) is 11.6. The van der Waals surface area contributed by atoms with E-state index in [0.717, 1.165) is 5.70 Å². The summed E-state index contributed by atoms with van der Waals surface area (Å²) in [5.41, 5.74) is 4.92. The Bertz CT molecular complexity index is 602. The van der Waals surface area contributed by atoms with E-state index < -0.39 is 11.5 Å². The number of rotatable bonds is 3. The summed E-state index contributed by atoms with van der Waals surface area (Å²) in [6, 6.07) is 1.75. The van der Waals surface area contributed by atoms with Gasteiger partial charge in [0.1, 0.15) is 12.0 Å². The number of thiocarbonyl (C=S) groups is 1. The fourth-order valence-electron chi connectivity index (χ4n) is 1.75. The fraction of sp³-hybridized carbons (Fsp3) is 0.438. The summed E-state index contributed by atoms with van der Waals surface area (Å²) >= 11 is 5.13. The van der Waals surface area contributed by atoms with E-state index in [4.69, 9.17) is 22.2 Å². The first-order valence-electron chi connectivity index (χ1n) is 7.10. The molecule has 0 aliphatic heterocycles. The molecule has 0 fully saturated rings. The SMILES string of the molecule is COC1(C)/C=C\C(C)(C)/C=C\C(NC(=S)NNC(=O)CC#N)=C/1. The minimum atomic E-state index is -0.579. The average Bonchev–Trinajstić information content (AvgIpc) is 2.48. The summed E-state index contributed by atoms with van der Waals surface area (Å²) in [4.78, 5) is 11.2. The van der Waals surface area contributed by atoms with Crippen molar-refractivity contribution in [2.45, 2.75) is 32.8 Å². The largest absolute Gasteiger partial charge is 0.370 e. The van der Waals surface area contributed by atoms with Crippen molar-refractivity contribution in [1.29, 1.82) is 5.26 Å². The molecule has 0 aromatic rings. The molecule has 23 heavy (non-hydrogen) atoms. The van der Waals surface area contributed by atoms with Crippen LogP contribution in [0.15, 0.2) is 36.1 Å². The number of hydrogen-bond donors (Lipinski definition) is 3. The van der Waals surface area contributed by atoms with Gasteiger partial charge in [-0.2, -0.15) is 5.26 Å². The molecule has 1 unspecified atom stereocenters. The number of nitrogens with zero attached hydrogens (tertiary/aromatic N) is 1. The summed E-state index contributed by atoms with van der Waals surface area (Å²) in [6.07, 6.45) is 9.67. The van der Waals surface area contributed by atoms with Crippen LogP contribution in [0, 0.1) is 16.7 Å². The molecule has 0 saturated carbocycles. The highest BCUT2D eigenvalue weighted by Crippen LogP contribution is 2.26. The van der Waals surface area contributed by atoms with Gasteiger partial charge in [-0.25, -0.2) is 0 Å². The van der Waals surface area contributed by atoms with Gasteiger partial charge >= 0.3 is 0 Å². The van der Waals surface area contributed by atoms with E-state index in [-0.39, 0.29) is 16.9 Å². The minimum absolute atomic E-state index is 0.128. The number of hydrogen-bond acceptors (Lipinski definition) is 4. The summed E-state index contributed by atoms with van der Waals surface area (Å²) in [5.74, 6) is -0.454. The first-order chi connectivity index (χ1) is 10.7. The maximum absolute atomic E-state index is 11.2. The van der Waals surface area contributed by atoms with Crippen LogP contribution in [0.4, 0.5) is 0 Å². The molecule has 3 N–H and O–H groups in total. The van der Waals surface area contributed by atoms with Crippen LogP contribution in [0.1, 0.15) is 27.2 Å². The maximum Gasteiger partial charge on any atom is 0.252 e. The normalized spacial score (nSPS) is 27.2. The summed E-state index contributed by atoms with van der Waals surface area (Å²) in [7, 11) is 1.63. The second-order valence-corrected chi connectivity index (χ2v) is 6.35. The molecule has 0 saturated heterocycles. The number of nitrogens with one attached hydrogen (secondary N) is 3. The van der Waals surface area contributed by atoms with Crippen molar-refractivity contribution < 1.29 is 9.53 Å². The van der Waals surface area contributed by atoms with Crippen LogP contribution >= 0.6 is 12.2 Å². The molecular formula is C16H22N4O2S. The van der Waals surface area contributed by atoms with Crippen LogP contribution in [-0.2, 0) is 9.53 Å². The third-order valence-corrected chi connectivity index (χ3v) is 3.44. The third kappa shape index (κ3) is 6.63. The van der Waals surface area contributed by atoms with Crippen LogP contribution in [0.25, 0.3) is 0 Å². The van der Waals surface area contributed by atoms with E-state index in [2.05, 4.69) is 36.1 Å². The van der Waals surface area contributed by atoms with Crippen LogP contribution in [0.2, 0.25) is 0 Å². The number of carbonyl (C=O) groups excluding carboxylic acids is 1. The Balaban J connectivity index is 2.82. The molecule has 6 nitrogen and oxygen atoms in total. The fourth-order valence-corrected chi connectivity index (χ4v) is 1.92. The van der Waals surface area contributed by atoms with Crippen LogP contribution < -0.4 is 16.2 Å². The van der Waals surface area contributed by atoms with Crippen LogP contribution in [0.3, 0.4) is 0 Å². The first-order valence-corrected chi connectivity index (χ1v) is 7.51. The van der Waals surface area contributed by atoms with Crippen molar-refractivity contribution >= 4 is 23.2 Å². The Hall–Kier alpha value is -2.17. The zero-order valence-corrected chi connectivity index (χ0v) is 14.6. The van der Waals surface area contributed by atoms with Gasteiger partial charge in [0.15, 0.2) is 5.11 Å². The van der Waals surface area contributed by atoms with Gasteiger partial charge < -0.3 is 10.1 Å².